The van der Waals surface area contributed by atoms with E-state index >= 15 is 0 Å². The normalized spacial score (nSPS) is 15.3. The molecule has 0 saturated carbocycles. The molecule has 17 nitrogen and oxygen atoms in total. The minimum atomic E-state index is -0.733. The second-order valence-electron chi connectivity index (χ2n) is 12.6. The van der Waals surface area contributed by atoms with Crippen LogP contribution in [0.5, 0.6) is 0 Å². The van der Waals surface area contributed by atoms with Crippen molar-refractivity contribution in [1.82, 2.24) is 10.1 Å². The molecule has 0 radical (unpaired) electrons. The molecule has 2 heterocycles. The topological polar surface area (TPSA) is 200 Å². The third-order valence-corrected chi connectivity index (χ3v) is 7.48. The Morgan fingerprint density at radius 2 is 0.870 bits per heavy atom. The van der Waals surface area contributed by atoms with Crippen molar-refractivity contribution in [2.24, 2.45) is 0 Å². The highest BCUT2D eigenvalue weighted by Crippen LogP contribution is 2.15. The predicted molar refractivity (Wildman–Crippen MR) is 191 cm³/mol. The standard InChI is InChI=1S/C19H33NO7.C18H29NO8/c1-3-11-24-14-16(26-12-4-2)15-25-13-7-5-6-8-19(23)27-20-17(21)9-10-18(20)22;1-3-10-24-12-14(25-11-4-2)13-26-17(22)6-5-7-18(23)27-19-15(20)8-9-16(19)21/h16H,3-15H2,1-2H3;14H,3-13H2,1-2H3. The van der Waals surface area contributed by atoms with Crippen LogP contribution in [-0.4, -0.2) is 123 Å². The van der Waals surface area contributed by atoms with Crippen molar-refractivity contribution >= 4 is 41.5 Å². The monoisotopic (exact) mass is 774 g/mol. The molecule has 2 atom stereocenters. The highest BCUT2D eigenvalue weighted by Gasteiger charge is 2.33. The lowest BCUT2D eigenvalue weighted by Crippen LogP contribution is -2.32. The van der Waals surface area contributed by atoms with Gasteiger partial charge >= 0.3 is 17.9 Å². The molecule has 0 spiro atoms. The molecule has 2 fully saturated rings. The van der Waals surface area contributed by atoms with Gasteiger partial charge in [-0.1, -0.05) is 34.1 Å². The van der Waals surface area contributed by atoms with E-state index in [0.29, 0.717) is 62.8 Å². The Hall–Kier alpha value is -3.51. The first-order chi connectivity index (χ1) is 26.1. The molecule has 0 bridgehead atoms. The molecular weight excluding hydrogens is 712 g/mol. The molecule has 0 aromatic rings. The van der Waals surface area contributed by atoms with Crippen LogP contribution in [0.2, 0.25) is 0 Å². The van der Waals surface area contributed by atoms with Gasteiger partial charge in [0.25, 0.3) is 23.6 Å². The second kappa shape index (κ2) is 30.8. The Balaban J connectivity index is 0.000000540. The molecule has 0 N–H and O–H groups in total. The van der Waals surface area contributed by atoms with Crippen LogP contribution in [0.1, 0.15) is 124 Å². The Kier molecular flexibility index (Phi) is 27.6. The number of hydrogen-bond acceptors (Lipinski definition) is 15. The minimum absolute atomic E-state index is 0.0211. The van der Waals surface area contributed by atoms with Crippen LogP contribution in [-0.2, 0) is 71.7 Å². The summed E-state index contributed by atoms with van der Waals surface area (Å²) in [5, 5.41) is 1.08. The third kappa shape index (κ3) is 22.6. The number of ether oxygens (including phenoxy) is 6. The number of hydrogen-bond donors (Lipinski definition) is 0. The molecule has 2 rings (SSSR count). The first kappa shape index (κ1) is 48.5. The Bertz CT molecular complexity index is 1100. The van der Waals surface area contributed by atoms with Crippen molar-refractivity contribution in [3.8, 4) is 0 Å². The number of unbranched alkanes of at least 4 members (excludes halogenated alkanes) is 2. The molecule has 0 aliphatic carbocycles. The van der Waals surface area contributed by atoms with Gasteiger partial charge in [0.1, 0.15) is 18.8 Å². The summed E-state index contributed by atoms with van der Waals surface area (Å²) in [6, 6.07) is 0. The summed E-state index contributed by atoms with van der Waals surface area (Å²) >= 11 is 0. The van der Waals surface area contributed by atoms with Crippen molar-refractivity contribution in [1.29, 1.82) is 0 Å². The first-order valence-electron chi connectivity index (χ1n) is 19.3. The number of carbonyl (C=O) groups excluding carboxylic acids is 7. The number of amides is 4. The van der Waals surface area contributed by atoms with Crippen LogP contribution in [0.25, 0.3) is 0 Å². The fourth-order valence-electron chi connectivity index (χ4n) is 4.69. The Morgan fingerprint density at radius 3 is 1.31 bits per heavy atom. The van der Waals surface area contributed by atoms with Crippen molar-refractivity contribution in [3.05, 3.63) is 0 Å². The minimum Gasteiger partial charge on any atom is -0.463 e. The number of rotatable bonds is 30. The largest absolute Gasteiger partial charge is 0.463 e. The highest BCUT2D eigenvalue weighted by molar-refractivity contribution is 6.02. The van der Waals surface area contributed by atoms with E-state index in [2.05, 4.69) is 13.8 Å². The zero-order valence-electron chi connectivity index (χ0n) is 32.6. The van der Waals surface area contributed by atoms with Gasteiger partial charge in [-0.3, -0.25) is 24.0 Å². The maximum Gasteiger partial charge on any atom is 0.333 e. The van der Waals surface area contributed by atoms with Gasteiger partial charge in [-0.2, -0.15) is 0 Å². The summed E-state index contributed by atoms with van der Waals surface area (Å²) in [5.41, 5.74) is 0. The maximum atomic E-state index is 11.8. The molecule has 17 heteroatoms. The van der Waals surface area contributed by atoms with E-state index in [0.717, 1.165) is 45.1 Å². The van der Waals surface area contributed by atoms with Crippen LogP contribution in [0, 0.1) is 0 Å². The fraction of sp³-hybridized carbons (Fsp3) is 0.811. The van der Waals surface area contributed by atoms with Gasteiger partial charge in [0.05, 0.1) is 19.8 Å². The third-order valence-electron chi connectivity index (χ3n) is 7.48. The predicted octanol–water partition coefficient (Wildman–Crippen LogP) is 3.92. The average Bonchev–Trinajstić information content (AvgIpc) is 3.64. The van der Waals surface area contributed by atoms with Gasteiger partial charge in [-0.15, -0.1) is 10.1 Å². The molecule has 310 valence electrons. The summed E-state index contributed by atoms with van der Waals surface area (Å²) in [6.45, 7) is 12.7. The maximum absolute atomic E-state index is 11.8. The van der Waals surface area contributed by atoms with Crippen molar-refractivity contribution in [3.63, 3.8) is 0 Å². The van der Waals surface area contributed by atoms with Crippen molar-refractivity contribution in [2.75, 3.05) is 59.5 Å². The molecule has 2 aliphatic rings. The van der Waals surface area contributed by atoms with Gasteiger partial charge in [0, 0.05) is 78.0 Å². The van der Waals surface area contributed by atoms with Gasteiger partial charge in [-0.25, -0.2) is 9.59 Å². The zero-order valence-corrected chi connectivity index (χ0v) is 32.6. The number of carbonyl (C=O) groups is 7. The van der Waals surface area contributed by atoms with Gasteiger partial charge in [0.2, 0.25) is 0 Å². The average molecular weight is 775 g/mol. The molecule has 2 unspecified atom stereocenters. The van der Waals surface area contributed by atoms with Crippen molar-refractivity contribution in [2.45, 2.75) is 136 Å². The number of imide groups is 2. The van der Waals surface area contributed by atoms with E-state index in [1.165, 1.54) is 0 Å². The van der Waals surface area contributed by atoms with Crippen LogP contribution < -0.4 is 0 Å². The van der Waals surface area contributed by atoms with E-state index in [1.807, 2.05) is 13.8 Å². The molecule has 0 aromatic carbocycles. The van der Waals surface area contributed by atoms with Gasteiger partial charge < -0.3 is 38.1 Å². The van der Waals surface area contributed by atoms with E-state index in [4.69, 9.17) is 38.1 Å². The Morgan fingerprint density at radius 1 is 0.481 bits per heavy atom. The van der Waals surface area contributed by atoms with Gasteiger partial charge in [0.15, 0.2) is 0 Å². The molecule has 2 aliphatic heterocycles. The zero-order chi connectivity index (χ0) is 40.0. The number of hydroxylamine groups is 4. The quantitative estimate of drug-likeness (QED) is 0.0577. The SMILES string of the molecule is CCCOCC(COC(=O)CCCC(=O)ON1C(=O)CCC1=O)OCCC.CCCOCC(COCCCCCC(=O)ON1C(=O)CCC1=O)OCCC. The fourth-order valence-corrected chi connectivity index (χ4v) is 4.69. The van der Waals surface area contributed by atoms with Crippen LogP contribution in [0.3, 0.4) is 0 Å². The van der Waals surface area contributed by atoms with E-state index in [9.17, 15) is 33.6 Å². The van der Waals surface area contributed by atoms with E-state index in [1.54, 1.807) is 0 Å². The number of esters is 1. The Labute approximate surface area is 318 Å². The highest BCUT2D eigenvalue weighted by atomic mass is 16.7. The smallest absolute Gasteiger partial charge is 0.333 e. The molecular formula is C37H62N2O15. The summed E-state index contributed by atoms with van der Waals surface area (Å²) in [4.78, 5) is 90.1. The van der Waals surface area contributed by atoms with Crippen LogP contribution in [0.15, 0.2) is 0 Å². The lowest BCUT2D eigenvalue weighted by atomic mass is 10.2. The van der Waals surface area contributed by atoms with Crippen molar-refractivity contribution < 1.29 is 71.7 Å². The summed E-state index contributed by atoms with van der Waals surface area (Å²) in [5.74, 6) is -3.72. The first-order valence-corrected chi connectivity index (χ1v) is 19.3. The van der Waals surface area contributed by atoms with Gasteiger partial charge in [-0.05, 0) is 44.9 Å². The summed E-state index contributed by atoms with van der Waals surface area (Å²) in [7, 11) is 0. The van der Waals surface area contributed by atoms with Crippen LogP contribution >= 0.6 is 0 Å². The summed E-state index contributed by atoms with van der Waals surface area (Å²) < 4.78 is 33.1. The number of nitrogens with zero attached hydrogens (tertiary/aromatic N) is 2. The van der Waals surface area contributed by atoms with E-state index < -0.39 is 41.5 Å². The lowest BCUT2D eigenvalue weighted by molar-refractivity contribution is -0.197. The van der Waals surface area contributed by atoms with Crippen LogP contribution in [0.4, 0.5) is 0 Å². The molecule has 54 heavy (non-hydrogen) atoms. The second-order valence-corrected chi connectivity index (χ2v) is 12.6. The lowest BCUT2D eigenvalue weighted by Gasteiger charge is -2.18. The van der Waals surface area contributed by atoms with E-state index in [-0.39, 0.29) is 70.2 Å². The molecule has 0 aromatic heterocycles. The molecule has 4 amide bonds. The summed E-state index contributed by atoms with van der Waals surface area (Å²) in [6.07, 6.45) is 6.11. The molecule has 2 saturated heterocycles.